The molecule has 1 aromatic heterocycles. The highest BCUT2D eigenvalue weighted by Gasteiger charge is 2.09. The Morgan fingerprint density at radius 2 is 1.58 bits per heavy atom. The van der Waals surface area contributed by atoms with E-state index in [9.17, 15) is 9.50 Å². The summed E-state index contributed by atoms with van der Waals surface area (Å²) in [5.41, 5.74) is 6.23. The van der Waals surface area contributed by atoms with Crippen molar-refractivity contribution in [2.24, 2.45) is 5.10 Å². The number of phenols is 1. The standard InChI is InChI=1S/C24H19FN4O2/c1-31-20-10-7-17(8-11-20)22-14-21(16-5-3-2-4-6-16)27-24(28-22)29-26-15-18-13-19(25)9-12-23(18)30/h2-15,30H,1H3,(H,27,28,29). The van der Waals surface area contributed by atoms with Crippen molar-refractivity contribution in [3.63, 3.8) is 0 Å². The lowest BCUT2D eigenvalue weighted by Gasteiger charge is -2.09. The number of aromatic hydroxyl groups is 1. The molecule has 0 saturated carbocycles. The van der Waals surface area contributed by atoms with E-state index in [1.54, 1.807) is 7.11 Å². The first-order valence-electron chi connectivity index (χ1n) is 9.49. The molecule has 154 valence electrons. The van der Waals surface area contributed by atoms with Crippen molar-refractivity contribution in [3.05, 3.63) is 90.2 Å². The van der Waals surface area contributed by atoms with E-state index in [4.69, 9.17) is 4.74 Å². The molecular weight excluding hydrogens is 395 g/mol. The van der Waals surface area contributed by atoms with E-state index in [2.05, 4.69) is 20.5 Å². The fourth-order valence-electron chi connectivity index (χ4n) is 2.95. The first-order valence-corrected chi connectivity index (χ1v) is 9.49. The van der Waals surface area contributed by atoms with Crippen LogP contribution in [0.5, 0.6) is 11.5 Å². The Hall–Kier alpha value is -4.26. The molecule has 3 aromatic carbocycles. The molecule has 6 nitrogen and oxygen atoms in total. The minimum absolute atomic E-state index is 0.0789. The Morgan fingerprint density at radius 1 is 0.903 bits per heavy atom. The van der Waals surface area contributed by atoms with Crippen molar-refractivity contribution < 1.29 is 14.2 Å². The Morgan fingerprint density at radius 3 is 2.26 bits per heavy atom. The number of phenolic OH excluding ortho intramolecular Hbond substituents is 1. The number of hydrogen-bond acceptors (Lipinski definition) is 6. The molecule has 1 heterocycles. The maximum Gasteiger partial charge on any atom is 0.244 e. The zero-order valence-corrected chi connectivity index (χ0v) is 16.7. The highest BCUT2D eigenvalue weighted by atomic mass is 19.1. The van der Waals surface area contributed by atoms with Gasteiger partial charge in [0.15, 0.2) is 0 Å². The Kier molecular flexibility index (Phi) is 5.84. The second kappa shape index (κ2) is 9.04. The van der Waals surface area contributed by atoms with Crippen molar-refractivity contribution in [3.8, 4) is 34.0 Å². The van der Waals surface area contributed by atoms with E-state index in [0.29, 0.717) is 11.4 Å². The zero-order chi connectivity index (χ0) is 21.6. The molecule has 0 unspecified atom stereocenters. The molecule has 0 radical (unpaired) electrons. The number of nitrogens with one attached hydrogen (secondary N) is 1. The summed E-state index contributed by atoms with van der Waals surface area (Å²) in [6.07, 6.45) is 1.31. The Bertz CT molecular complexity index is 1210. The third kappa shape index (κ3) is 4.84. The SMILES string of the molecule is COc1ccc(-c2cc(-c3ccccc3)nc(NN=Cc3cc(F)ccc3O)n2)cc1. The van der Waals surface area contributed by atoms with E-state index >= 15 is 0 Å². The molecule has 0 amide bonds. The summed E-state index contributed by atoms with van der Waals surface area (Å²) in [6.45, 7) is 0. The average molecular weight is 414 g/mol. The molecule has 0 aliphatic heterocycles. The van der Waals surface area contributed by atoms with Crippen LogP contribution in [0.3, 0.4) is 0 Å². The molecule has 0 bridgehead atoms. The van der Waals surface area contributed by atoms with Crippen LogP contribution in [0.4, 0.5) is 10.3 Å². The molecule has 0 saturated heterocycles. The van der Waals surface area contributed by atoms with E-state index in [-0.39, 0.29) is 17.3 Å². The maximum absolute atomic E-state index is 13.4. The van der Waals surface area contributed by atoms with Crippen LogP contribution < -0.4 is 10.2 Å². The van der Waals surface area contributed by atoms with Crippen LogP contribution >= 0.6 is 0 Å². The van der Waals surface area contributed by atoms with Gasteiger partial charge in [-0.15, -0.1) is 0 Å². The summed E-state index contributed by atoms with van der Waals surface area (Å²) in [5.74, 6) is 0.464. The van der Waals surface area contributed by atoms with Crippen molar-refractivity contribution >= 4 is 12.2 Å². The molecule has 0 fully saturated rings. The third-order valence-corrected chi connectivity index (χ3v) is 4.54. The van der Waals surface area contributed by atoms with E-state index in [1.165, 1.54) is 24.4 Å². The number of rotatable bonds is 6. The lowest BCUT2D eigenvalue weighted by atomic mass is 10.1. The summed E-state index contributed by atoms with van der Waals surface area (Å²) < 4.78 is 18.6. The van der Waals surface area contributed by atoms with E-state index < -0.39 is 5.82 Å². The Balaban J connectivity index is 1.69. The van der Waals surface area contributed by atoms with Gasteiger partial charge in [-0.1, -0.05) is 30.3 Å². The summed E-state index contributed by atoms with van der Waals surface area (Å²) in [4.78, 5) is 9.08. The number of halogens is 1. The first-order chi connectivity index (χ1) is 15.1. The lowest BCUT2D eigenvalue weighted by molar-refractivity contribution is 0.415. The van der Waals surface area contributed by atoms with Crippen molar-refractivity contribution in [1.29, 1.82) is 0 Å². The average Bonchev–Trinajstić information content (AvgIpc) is 2.82. The molecule has 4 rings (SSSR count). The van der Waals surface area contributed by atoms with Crippen LogP contribution in [0.2, 0.25) is 0 Å². The second-order valence-electron chi connectivity index (χ2n) is 6.63. The highest BCUT2D eigenvalue weighted by Crippen LogP contribution is 2.26. The Labute approximate surface area is 178 Å². The fraction of sp³-hybridized carbons (Fsp3) is 0.0417. The number of aromatic nitrogens is 2. The van der Waals surface area contributed by atoms with Gasteiger partial charge in [0.05, 0.1) is 24.7 Å². The normalized spacial score (nSPS) is 10.9. The smallest absolute Gasteiger partial charge is 0.244 e. The summed E-state index contributed by atoms with van der Waals surface area (Å²) in [7, 11) is 1.61. The fourth-order valence-corrected chi connectivity index (χ4v) is 2.95. The lowest BCUT2D eigenvalue weighted by Crippen LogP contribution is -2.00. The third-order valence-electron chi connectivity index (χ3n) is 4.54. The molecule has 2 N–H and O–H groups in total. The summed E-state index contributed by atoms with van der Waals surface area (Å²) in [5, 5.41) is 13.9. The highest BCUT2D eigenvalue weighted by molar-refractivity contribution is 5.83. The molecule has 0 spiro atoms. The quantitative estimate of drug-likeness (QED) is 0.339. The van der Waals surface area contributed by atoms with Gasteiger partial charge >= 0.3 is 0 Å². The molecule has 0 aliphatic carbocycles. The number of hydrogen-bond donors (Lipinski definition) is 2. The summed E-state index contributed by atoms with van der Waals surface area (Å²) in [6, 6.07) is 22.8. The molecule has 31 heavy (non-hydrogen) atoms. The molecule has 4 aromatic rings. The predicted molar refractivity (Wildman–Crippen MR) is 119 cm³/mol. The first kappa shape index (κ1) is 20.0. The van der Waals surface area contributed by atoms with E-state index in [0.717, 1.165) is 16.9 Å². The number of hydrazone groups is 1. The van der Waals surface area contributed by atoms with E-state index in [1.807, 2.05) is 60.7 Å². The molecular formula is C24H19FN4O2. The largest absolute Gasteiger partial charge is 0.507 e. The maximum atomic E-state index is 13.4. The van der Waals surface area contributed by atoms with Gasteiger partial charge in [0, 0.05) is 16.7 Å². The van der Waals surface area contributed by atoms with Gasteiger partial charge in [-0.25, -0.2) is 19.8 Å². The number of methoxy groups -OCH3 is 1. The number of anilines is 1. The molecule has 0 aliphatic rings. The van der Waals surface area contributed by atoms with Gasteiger partial charge in [-0.05, 0) is 48.5 Å². The van der Waals surface area contributed by atoms with Crippen molar-refractivity contribution in [2.45, 2.75) is 0 Å². The summed E-state index contributed by atoms with van der Waals surface area (Å²) >= 11 is 0. The monoisotopic (exact) mass is 414 g/mol. The van der Waals surface area contributed by atoms with Gasteiger partial charge in [-0.3, -0.25) is 0 Å². The van der Waals surface area contributed by atoms with Gasteiger partial charge < -0.3 is 9.84 Å². The van der Waals surface area contributed by atoms with Gasteiger partial charge in [0.1, 0.15) is 17.3 Å². The van der Waals surface area contributed by atoms with Gasteiger partial charge in [-0.2, -0.15) is 5.10 Å². The second-order valence-corrected chi connectivity index (χ2v) is 6.63. The predicted octanol–water partition coefficient (Wildman–Crippen LogP) is 5.11. The van der Waals surface area contributed by atoms with Crippen LogP contribution in [0.25, 0.3) is 22.5 Å². The minimum Gasteiger partial charge on any atom is -0.507 e. The van der Waals surface area contributed by atoms with Crippen molar-refractivity contribution in [1.82, 2.24) is 9.97 Å². The number of nitrogens with zero attached hydrogens (tertiary/aromatic N) is 3. The number of ether oxygens (including phenoxy) is 1. The number of benzene rings is 3. The van der Waals surface area contributed by atoms with Crippen LogP contribution in [0.1, 0.15) is 5.56 Å². The molecule has 0 atom stereocenters. The van der Waals surface area contributed by atoms with Crippen LogP contribution in [0, 0.1) is 5.82 Å². The topological polar surface area (TPSA) is 79.6 Å². The van der Waals surface area contributed by atoms with Gasteiger partial charge in [0.2, 0.25) is 5.95 Å². The van der Waals surface area contributed by atoms with Crippen LogP contribution in [0.15, 0.2) is 84.0 Å². The van der Waals surface area contributed by atoms with Gasteiger partial charge in [0.25, 0.3) is 0 Å². The van der Waals surface area contributed by atoms with Crippen LogP contribution in [-0.2, 0) is 0 Å². The molecule has 7 heteroatoms. The van der Waals surface area contributed by atoms with Crippen molar-refractivity contribution in [2.75, 3.05) is 12.5 Å². The van der Waals surface area contributed by atoms with Crippen LogP contribution in [-0.4, -0.2) is 28.4 Å². The minimum atomic E-state index is -0.469. The zero-order valence-electron chi connectivity index (χ0n) is 16.7.